The largest absolute Gasteiger partial charge is 0.381 e. The summed E-state index contributed by atoms with van der Waals surface area (Å²) in [6, 6.07) is 0.616. The van der Waals surface area contributed by atoms with Crippen LogP contribution in [0.4, 0.5) is 0 Å². The summed E-state index contributed by atoms with van der Waals surface area (Å²) < 4.78 is 11.3. The minimum Gasteiger partial charge on any atom is -0.381 e. The van der Waals surface area contributed by atoms with Crippen LogP contribution >= 0.6 is 0 Å². The molecule has 0 aromatic carbocycles. The van der Waals surface area contributed by atoms with Gasteiger partial charge in [0, 0.05) is 31.3 Å². The first-order valence-corrected chi connectivity index (χ1v) is 7.61. The molecule has 1 saturated carbocycles. The lowest BCUT2D eigenvalue weighted by Crippen LogP contribution is -2.62. The van der Waals surface area contributed by atoms with E-state index in [0.717, 1.165) is 45.6 Å². The molecule has 108 valence electrons. The fourth-order valence-electron chi connectivity index (χ4n) is 2.76. The van der Waals surface area contributed by atoms with Crippen molar-refractivity contribution >= 4 is 0 Å². The molecule has 18 heavy (non-hydrogen) atoms. The van der Waals surface area contributed by atoms with Crippen LogP contribution in [0.3, 0.4) is 0 Å². The van der Waals surface area contributed by atoms with E-state index < -0.39 is 0 Å². The Bertz CT molecular complexity index is 223. The van der Waals surface area contributed by atoms with Gasteiger partial charge in [-0.3, -0.25) is 0 Å². The molecule has 3 unspecified atom stereocenters. The van der Waals surface area contributed by atoms with E-state index in [1.54, 1.807) is 0 Å². The summed E-state index contributed by atoms with van der Waals surface area (Å²) in [5.74, 6) is 0. The topological polar surface area (TPSA) is 30.5 Å². The summed E-state index contributed by atoms with van der Waals surface area (Å²) in [6.45, 7) is 12.5. The highest BCUT2D eigenvalue weighted by Crippen LogP contribution is 2.45. The van der Waals surface area contributed by atoms with Crippen molar-refractivity contribution in [3.63, 3.8) is 0 Å². The van der Waals surface area contributed by atoms with E-state index in [1.807, 2.05) is 0 Å². The van der Waals surface area contributed by atoms with Gasteiger partial charge in [-0.05, 0) is 39.2 Å². The molecule has 0 bridgehead atoms. The van der Waals surface area contributed by atoms with Crippen LogP contribution in [0.2, 0.25) is 0 Å². The van der Waals surface area contributed by atoms with Crippen LogP contribution < -0.4 is 5.32 Å². The van der Waals surface area contributed by atoms with E-state index in [2.05, 4.69) is 33.0 Å². The number of hydrogen-bond acceptors (Lipinski definition) is 3. The molecule has 1 fully saturated rings. The zero-order valence-electron chi connectivity index (χ0n) is 12.6. The van der Waals surface area contributed by atoms with Gasteiger partial charge >= 0.3 is 0 Å². The van der Waals surface area contributed by atoms with Crippen molar-refractivity contribution in [1.29, 1.82) is 0 Å². The fourth-order valence-corrected chi connectivity index (χ4v) is 2.76. The second-order valence-corrected chi connectivity index (χ2v) is 5.51. The smallest absolute Gasteiger partial charge is 0.0658 e. The molecular weight excluding hydrogens is 226 g/mol. The second-order valence-electron chi connectivity index (χ2n) is 5.51. The first-order chi connectivity index (χ1) is 8.69. The van der Waals surface area contributed by atoms with Crippen molar-refractivity contribution in [3.05, 3.63) is 0 Å². The van der Waals surface area contributed by atoms with Crippen molar-refractivity contribution < 1.29 is 9.47 Å². The molecule has 0 radical (unpaired) electrons. The van der Waals surface area contributed by atoms with Crippen molar-refractivity contribution in [2.24, 2.45) is 5.41 Å². The molecule has 1 aliphatic carbocycles. The quantitative estimate of drug-likeness (QED) is 0.610. The van der Waals surface area contributed by atoms with Gasteiger partial charge in [0.2, 0.25) is 0 Å². The first-order valence-electron chi connectivity index (χ1n) is 7.61. The van der Waals surface area contributed by atoms with Gasteiger partial charge in [-0.1, -0.05) is 20.8 Å². The minimum atomic E-state index is 0.320. The lowest BCUT2D eigenvalue weighted by molar-refractivity contribution is -0.125. The lowest BCUT2D eigenvalue weighted by atomic mass is 9.61. The Kier molecular flexibility index (Phi) is 7.20. The molecular formula is C15H31NO2. The highest BCUT2D eigenvalue weighted by atomic mass is 16.5. The summed E-state index contributed by atoms with van der Waals surface area (Å²) in [4.78, 5) is 0. The van der Waals surface area contributed by atoms with Gasteiger partial charge in [0.1, 0.15) is 0 Å². The SMILES string of the molecule is CCCOCCCNC1CC(OCC)C1(C)CC. The zero-order valence-corrected chi connectivity index (χ0v) is 12.6. The first kappa shape index (κ1) is 15.9. The Morgan fingerprint density at radius 1 is 1.22 bits per heavy atom. The van der Waals surface area contributed by atoms with Crippen LogP contribution in [0, 0.1) is 5.41 Å². The lowest BCUT2D eigenvalue weighted by Gasteiger charge is -2.53. The average Bonchev–Trinajstić information content (AvgIpc) is 2.39. The maximum Gasteiger partial charge on any atom is 0.0658 e. The van der Waals surface area contributed by atoms with Crippen molar-refractivity contribution in [1.82, 2.24) is 5.32 Å². The van der Waals surface area contributed by atoms with Crippen molar-refractivity contribution in [2.45, 2.75) is 65.5 Å². The molecule has 0 spiro atoms. The second kappa shape index (κ2) is 8.13. The van der Waals surface area contributed by atoms with Crippen LogP contribution in [0.1, 0.15) is 53.4 Å². The van der Waals surface area contributed by atoms with Crippen molar-refractivity contribution in [2.75, 3.05) is 26.4 Å². The number of nitrogens with one attached hydrogen (secondary N) is 1. The normalized spacial score (nSPS) is 31.3. The maximum absolute atomic E-state index is 5.81. The molecule has 0 aromatic rings. The van der Waals surface area contributed by atoms with E-state index in [4.69, 9.17) is 9.47 Å². The van der Waals surface area contributed by atoms with Gasteiger partial charge in [-0.2, -0.15) is 0 Å². The van der Waals surface area contributed by atoms with Crippen LogP contribution in [0.15, 0.2) is 0 Å². The number of hydrogen-bond donors (Lipinski definition) is 1. The van der Waals surface area contributed by atoms with Crippen LogP contribution in [0.25, 0.3) is 0 Å². The van der Waals surface area contributed by atoms with Gasteiger partial charge in [0.15, 0.2) is 0 Å². The molecule has 0 aromatic heterocycles. The third-order valence-electron chi connectivity index (χ3n) is 4.32. The van der Waals surface area contributed by atoms with E-state index >= 15 is 0 Å². The standard InChI is InChI=1S/C15H31NO2/c1-5-10-17-11-8-9-16-13-12-14(18-7-3)15(13,4)6-2/h13-14,16H,5-12H2,1-4H3. The average molecular weight is 257 g/mol. The molecule has 0 heterocycles. The Morgan fingerprint density at radius 2 is 2.00 bits per heavy atom. The minimum absolute atomic E-state index is 0.320. The summed E-state index contributed by atoms with van der Waals surface area (Å²) >= 11 is 0. The summed E-state index contributed by atoms with van der Waals surface area (Å²) in [6.07, 6.45) is 5.01. The van der Waals surface area contributed by atoms with Crippen LogP contribution in [-0.4, -0.2) is 38.5 Å². The molecule has 3 heteroatoms. The number of rotatable bonds is 10. The van der Waals surface area contributed by atoms with Crippen LogP contribution in [-0.2, 0) is 9.47 Å². The van der Waals surface area contributed by atoms with E-state index in [9.17, 15) is 0 Å². The predicted octanol–water partition coefficient (Wildman–Crippen LogP) is 2.99. The van der Waals surface area contributed by atoms with Gasteiger partial charge < -0.3 is 14.8 Å². The monoisotopic (exact) mass is 257 g/mol. The third kappa shape index (κ3) is 3.94. The maximum atomic E-state index is 5.81. The van der Waals surface area contributed by atoms with E-state index in [0.29, 0.717) is 17.6 Å². The van der Waals surface area contributed by atoms with Gasteiger partial charge in [0.05, 0.1) is 6.10 Å². The molecule has 3 atom stereocenters. The number of ether oxygens (including phenoxy) is 2. The molecule has 0 aliphatic heterocycles. The van der Waals surface area contributed by atoms with Gasteiger partial charge in [-0.15, -0.1) is 0 Å². The van der Waals surface area contributed by atoms with Gasteiger partial charge in [-0.25, -0.2) is 0 Å². The molecule has 0 amide bonds. The van der Waals surface area contributed by atoms with Crippen molar-refractivity contribution in [3.8, 4) is 0 Å². The Hall–Kier alpha value is -0.120. The molecule has 1 aliphatic rings. The molecule has 1 N–H and O–H groups in total. The third-order valence-corrected chi connectivity index (χ3v) is 4.32. The van der Waals surface area contributed by atoms with E-state index in [1.165, 1.54) is 6.42 Å². The Balaban J connectivity index is 2.15. The summed E-state index contributed by atoms with van der Waals surface area (Å²) in [5, 5.41) is 3.67. The van der Waals surface area contributed by atoms with E-state index in [-0.39, 0.29) is 0 Å². The zero-order chi connectivity index (χ0) is 13.4. The summed E-state index contributed by atoms with van der Waals surface area (Å²) in [7, 11) is 0. The van der Waals surface area contributed by atoms with Gasteiger partial charge in [0.25, 0.3) is 0 Å². The fraction of sp³-hybridized carbons (Fsp3) is 1.00. The predicted molar refractivity (Wildman–Crippen MR) is 75.9 cm³/mol. The highest BCUT2D eigenvalue weighted by Gasteiger charge is 2.50. The highest BCUT2D eigenvalue weighted by molar-refractivity contribution is 5.04. The molecule has 0 saturated heterocycles. The molecule has 3 nitrogen and oxygen atoms in total. The Labute approximate surface area is 113 Å². The van der Waals surface area contributed by atoms with Crippen LogP contribution in [0.5, 0.6) is 0 Å². The molecule has 1 rings (SSSR count). The Morgan fingerprint density at radius 3 is 2.61 bits per heavy atom. The summed E-state index contributed by atoms with van der Waals surface area (Å²) in [5.41, 5.74) is 0.320.